The first-order valence-electron chi connectivity index (χ1n) is 6.38. The van der Waals surface area contributed by atoms with Crippen LogP contribution >= 0.6 is 0 Å². The highest BCUT2D eigenvalue weighted by Gasteiger charge is 2.10. The number of H-pyrrole nitrogens is 1. The standard InChI is InChI=1S/C15H17N3O3/c1-9(2)16-7-12-10(3)18(15(21)17-12)8-11-4-5-13(19)14(20)6-11/h4-7,19-20H,1,8H2,2-3H3,(H,17,21). The number of allylic oxidation sites excluding steroid dienone is 1. The molecule has 0 saturated carbocycles. The van der Waals surface area contributed by atoms with Gasteiger partial charge in [-0.05, 0) is 31.5 Å². The Balaban J connectivity index is 2.34. The second-order valence-electron chi connectivity index (χ2n) is 4.83. The maximum atomic E-state index is 12.0. The number of phenols is 2. The lowest BCUT2D eigenvalue weighted by molar-refractivity contribution is 0.403. The van der Waals surface area contributed by atoms with Crippen molar-refractivity contribution in [2.75, 3.05) is 0 Å². The first-order valence-corrected chi connectivity index (χ1v) is 6.38. The Labute approximate surface area is 121 Å². The number of hydrogen-bond donors (Lipinski definition) is 3. The highest BCUT2D eigenvalue weighted by atomic mass is 16.3. The monoisotopic (exact) mass is 287 g/mol. The van der Waals surface area contributed by atoms with Gasteiger partial charge in [-0.1, -0.05) is 12.6 Å². The third kappa shape index (κ3) is 3.22. The Morgan fingerprint density at radius 3 is 2.76 bits per heavy atom. The van der Waals surface area contributed by atoms with Gasteiger partial charge in [0.2, 0.25) is 0 Å². The molecule has 0 atom stereocenters. The van der Waals surface area contributed by atoms with Gasteiger partial charge in [0.15, 0.2) is 11.5 Å². The topological polar surface area (TPSA) is 90.6 Å². The zero-order chi connectivity index (χ0) is 15.6. The largest absolute Gasteiger partial charge is 0.504 e. The quantitative estimate of drug-likeness (QED) is 0.592. The summed E-state index contributed by atoms with van der Waals surface area (Å²) in [5.41, 5.74) is 2.44. The van der Waals surface area contributed by atoms with Gasteiger partial charge in [-0.2, -0.15) is 0 Å². The van der Waals surface area contributed by atoms with Crippen LogP contribution in [0, 0.1) is 6.92 Å². The zero-order valence-corrected chi connectivity index (χ0v) is 11.9. The molecule has 0 unspecified atom stereocenters. The predicted octanol–water partition coefficient (Wildman–Crippen LogP) is 1.90. The maximum absolute atomic E-state index is 12.0. The summed E-state index contributed by atoms with van der Waals surface area (Å²) in [6.45, 7) is 7.52. The number of imidazole rings is 1. The van der Waals surface area contributed by atoms with Crippen molar-refractivity contribution in [1.29, 1.82) is 0 Å². The van der Waals surface area contributed by atoms with E-state index in [1.807, 2.05) is 0 Å². The molecule has 6 nitrogen and oxygen atoms in total. The molecule has 1 aromatic heterocycles. The third-order valence-corrected chi connectivity index (χ3v) is 3.08. The summed E-state index contributed by atoms with van der Waals surface area (Å²) in [4.78, 5) is 18.8. The van der Waals surface area contributed by atoms with Gasteiger partial charge in [0.1, 0.15) is 0 Å². The van der Waals surface area contributed by atoms with Crippen LogP contribution in [0.25, 0.3) is 0 Å². The van der Waals surface area contributed by atoms with Crippen LogP contribution in [-0.4, -0.2) is 26.0 Å². The average Bonchev–Trinajstić information content (AvgIpc) is 2.68. The lowest BCUT2D eigenvalue weighted by atomic mass is 10.2. The Kier molecular flexibility index (Phi) is 3.98. The number of aromatic amines is 1. The minimum atomic E-state index is -0.261. The van der Waals surface area contributed by atoms with Crippen molar-refractivity contribution in [3.63, 3.8) is 0 Å². The van der Waals surface area contributed by atoms with E-state index in [1.165, 1.54) is 16.7 Å². The fourth-order valence-electron chi connectivity index (χ4n) is 1.91. The molecule has 2 rings (SSSR count). The van der Waals surface area contributed by atoms with Crippen LogP contribution in [-0.2, 0) is 6.54 Å². The Hall–Kier alpha value is -2.76. The van der Waals surface area contributed by atoms with Crippen molar-refractivity contribution < 1.29 is 10.2 Å². The van der Waals surface area contributed by atoms with Crippen LogP contribution in [0.3, 0.4) is 0 Å². The number of hydrogen-bond acceptors (Lipinski definition) is 4. The van der Waals surface area contributed by atoms with Crippen LogP contribution in [0.2, 0.25) is 0 Å². The van der Waals surface area contributed by atoms with Gasteiger partial charge >= 0.3 is 5.69 Å². The van der Waals surface area contributed by atoms with E-state index in [4.69, 9.17) is 0 Å². The molecule has 0 aliphatic carbocycles. The number of benzene rings is 1. The highest BCUT2D eigenvalue weighted by molar-refractivity contribution is 5.79. The summed E-state index contributed by atoms with van der Waals surface area (Å²) in [5, 5.41) is 18.8. The van der Waals surface area contributed by atoms with E-state index in [0.29, 0.717) is 17.0 Å². The fraction of sp³-hybridized carbons (Fsp3) is 0.200. The van der Waals surface area contributed by atoms with Crippen molar-refractivity contribution in [3.05, 3.63) is 57.9 Å². The highest BCUT2D eigenvalue weighted by Crippen LogP contribution is 2.25. The first kappa shape index (κ1) is 14.6. The molecule has 1 aromatic carbocycles. The molecular formula is C15H17N3O3. The van der Waals surface area contributed by atoms with Gasteiger partial charge < -0.3 is 15.2 Å². The van der Waals surface area contributed by atoms with Crippen molar-refractivity contribution in [2.45, 2.75) is 20.4 Å². The lowest BCUT2D eigenvalue weighted by Gasteiger charge is -2.06. The summed E-state index contributed by atoms with van der Waals surface area (Å²) in [6.07, 6.45) is 1.56. The van der Waals surface area contributed by atoms with E-state index in [1.54, 1.807) is 26.1 Å². The van der Waals surface area contributed by atoms with Crippen LogP contribution < -0.4 is 5.69 Å². The summed E-state index contributed by atoms with van der Waals surface area (Å²) in [5.74, 6) is -0.399. The molecule has 0 amide bonds. The first-order chi connectivity index (χ1) is 9.88. The molecule has 0 fully saturated rings. The number of nitrogens with one attached hydrogen (secondary N) is 1. The molecule has 3 N–H and O–H groups in total. The number of phenolic OH excluding ortho intramolecular Hbond substituents is 2. The van der Waals surface area contributed by atoms with Crippen molar-refractivity contribution >= 4 is 6.21 Å². The van der Waals surface area contributed by atoms with Gasteiger partial charge in [-0.25, -0.2) is 4.79 Å². The van der Waals surface area contributed by atoms with Crippen LogP contribution in [0.4, 0.5) is 0 Å². The van der Waals surface area contributed by atoms with Gasteiger partial charge in [0.25, 0.3) is 0 Å². The Morgan fingerprint density at radius 1 is 1.43 bits per heavy atom. The maximum Gasteiger partial charge on any atom is 0.326 e. The second kappa shape index (κ2) is 5.70. The summed E-state index contributed by atoms with van der Waals surface area (Å²) >= 11 is 0. The van der Waals surface area contributed by atoms with Crippen molar-refractivity contribution in [1.82, 2.24) is 9.55 Å². The summed E-state index contributed by atoms with van der Waals surface area (Å²) in [6, 6.07) is 4.46. The van der Waals surface area contributed by atoms with Crippen molar-refractivity contribution in [3.8, 4) is 11.5 Å². The molecule has 0 bridgehead atoms. The lowest BCUT2D eigenvalue weighted by Crippen LogP contribution is -2.18. The van der Waals surface area contributed by atoms with Crippen molar-refractivity contribution in [2.24, 2.45) is 4.99 Å². The number of rotatable bonds is 4. The molecule has 0 saturated heterocycles. The average molecular weight is 287 g/mol. The van der Waals surface area contributed by atoms with Gasteiger partial charge in [-0.15, -0.1) is 0 Å². The smallest absolute Gasteiger partial charge is 0.326 e. The fourth-order valence-corrected chi connectivity index (χ4v) is 1.91. The van der Waals surface area contributed by atoms with Crippen LogP contribution in [0.1, 0.15) is 23.9 Å². The van der Waals surface area contributed by atoms with E-state index < -0.39 is 0 Å². The SMILES string of the molecule is C=C(C)N=Cc1[nH]c(=O)n(Cc2ccc(O)c(O)c2)c1C. The van der Waals surface area contributed by atoms with Gasteiger partial charge in [0, 0.05) is 11.4 Å². The second-order valence-corrected chi connectivity index (χ2v) is 4.83. The number of aliphatic imine (C=N–C) groups is 1. The minimum absolute atomic E-state index is 0.189. The molecule has 0 radical (unpaired) electrons. The van der Waals surface area contributed by atoms with E-state index in [2.05, 4.69) is 16.6 Å². The molecule has 0 aliphatic rings. The number of aromatic nitrogens is 2. The van der Waals surface area contributed by atoms with Crippen LogP contribution in [0.5, 0.6) is 11.5 Å². The number of aromatic hydroxyl groups is 2. The number of nitrogens with zero attached hydrogens (tertiary/aromatic N) is 2. The Bertz CT molecular complexity index is 769. The normalized spacial score (nSPS) is 11.1. The van der Waals surface area contributed by atoms with E-state index in [-0.39, 0.29) is 23.7 Å². The molecule has 1 heterocycles. The minimum Gasteiger partial charge on any atom is -0.504 e. The molecular weight excluding hydrogens is 270 g/mol. The van der Waals surface area contributed by atoms with Crippen LogP contribution in [0.15, 0.2) is 40.3 Å². The van der Waals surface area contributed by atoms with E-state index in [9.17, 15) is 15.0 Å². The third-order valence-electron chi connectivity index (χ3n) is 3.08. The molecule has 2 aromatic rings. The summed E-state index contributed by atoms with van der Waals surface area (Å²) in [7, 11) is 0. The summed E-state index contributed by atoms with van der Waals surface area (Å²) < 4.78 is 1.53. The zero-order valence-electron chi connectivity index (χ0n) is 11.9. The van der Waals surface area contributed by atoms with E-state index >= 15 is 0 Å². The van der Waals surface area contributed by atoms with Gasteiger partial charge in [0.05, 0.1) is 18.5 Å². The molecule has 110 valence electrons. The Morgan fingerprint density at radius 2 is 2.14 bits per heavy atom. The van der Waals surface area contributed by atoms with Gasteiger partial charge in [-0.3, -0.25) is 9.56 Å². The molecule has 0 spiro atoms. The molecule has 0 aliphatic heterocycles. The molecule has 21 heavy (non-hydrogen) atoms. The predicted molar refractivity (Wildman–Crippen MR) is 81.1 cm³/mol. The van der Waals surface area contributed by atoms with E-state index in [0.717, 1.165) is 5.69 Å². The molecule has 6 heteroatoms.